The molecule has 2 aromatic carbocycles. The van der Waals surface area contributed by atoms with E-state index in [1.807, 2.05) is 6.92 Å². The quantitative estimate of drug-likeness (QED) is 0.465. The van der Waals surface area contributed by atoms with Crippen LogP contribution in [0.15, 0.2) is 42.5 Å². The number of nitrogen functional groups attached to an aromatic ring is 1. The van der Waals surface area contributed by atoms with E-state index >= 15 is 0 Å². The average Bonchev–Trinajstić information content (AvgIpc) is 2.67. The highest BCUT2D eigenvalue weighted by Crippen LogP contribution is 2.25. The van der Waals surface area contributed by atoms with Gasteiger partial charge in [-0.25, -0.2) is 4.39 Å². The van der Waals surface area contributed by atoms with Crippen LogP contribution in [0.5, 0.6) is 5.75 Å². The SMILES string of the molecule is CCCO[C@H](C(=O)NCc1ccc(C(=N)N)cc1)c1ccc(OC)cc1F. The van der Waals surface area contributed by atoms with E-state index in [0.717, 1.165) is 5.56 Å². The minimum Gasteiger partial charge on any atom is -0.497 e. The van der Waals surface area contributed by atoms with Gasteiger partial charge in [-0.1, -0.05) is 31.2 Å². The highest BCUT2D eigenvalue weighted by molar-refractivity contribution is 5.94. The van der Waals surface area contributed by atoms with Gasteiger partial charge in [0.1, 0.15) is 17.4 Å². The number of methoxy groups -OCH3 is 1. The maximum absolute atomic E-state index is 14.4. The summed E-state index contributed by atoms with van der Waals surface area (Å²) in [5.41, 5.74) is 7.02. The second-order valence-corrected chi connectivity index (χ2v) is 5.97. The Morgan fingerprint density at radius 2 is 1.96 bits per heavy atom. The average molecular weight is 373 g/mol. The largest absolute Gasteiger partial charge is 0.497 e. The Labute approximate surface area is 158 Å². The minimum absolute atomic E-state index is 0.0198. The van der Waals surface area contributed by atoms with Gasteiger partial charge in [0, 0.05) is 30.3 Å². The van der Waals surface area contributed by atoms with Gasteiger partial charge in [-0.2, -0.15) is 0 Å². The van der Waals surface area contributed by atoms with Crippen LogP contribution < -0.4 is 15.8 Å². The Morgan fingerprint density at radius 3 is 2.52 bits per heavy atom. The normalized spacial score (nSPS) is 11.7. The van der Waals surface area contributed by atoms with Gasteiger partial charge in [0.15, 0.2) is 6.10 Å². The fourth-order valence-corrected chi connectivity index (χ4v) is 2.47. The molecule has 4 N–H and O–H groups in total. The number of benzene rings is 2. The molecule has 0 aliphatic heterocycles. The van der Waals surface area contributed by atoms with Crippen LogP contribution in [0.1, 0.15) is 36.1 Å². The first kappa shape index (κ1) is 20.4. The number of rotatable bonds is 9. The second-order valence-electron chi connectivity index (χ2n) is 5.97. The van der Waals surface area contributed by atoms with Gasteiger partial charge in [0.2, 0.25) is 0 Å². The molecule has 0 saturated heterocycles. The molecule has 0 aromatic heterocycles. The standard InChI is InChI=1S/C20H24FN3O3/c1-3-10-27-18(16-9-8-15(26-2)11-17(16)21)20(25)24-12-13-4-6-14(7-5-13)19(22)23/h4-9,11,18H,3,10,12H2,1-2H3,(H3,22,23)(H,24,25)/t18-/m0/s1. The van der Waals surface area contributed by atoms with Gasteiger partial charge < -0.3 is 20.5 Å². The Bertz CT molecular complexity index is 794. The first-order valence-electron chi connectivity index (χ1n) is 8.62. The molecule has 2 aromatic rings. The van der Waals surface area contributed by atoms with E-state index in [0.29, 0.717) is 24.3 Å². The lowest BCUT2D eigenvalue weighted by Gasteiger charge is -2.19. The summed E-state index contributed by atoms with van der Waals surface area (Å²) in [7, 11) is 1.45. The van der Waals surface area contributed by atoms with Gasteiger partial charge >= 0.3 is 0 Å². The minimum atomic E-state index is -1.05. The number of halogens is 1. The number of nitrogens with two attached hydrogens (primary N) is 1. The van der Waals surface area contributed by atoms with Crippen molar-refractivity contribution in [3.8, 4) is 5.75 Å². The third-order valence-corrected chi connectivity index (χ3v) is 3.95. The van der Waals surface area contributed by atoms with Crippen molar-refractivity contribution in [2.75, 3.05) is 13.7 Å². The van der Waals surface area contributed by atoms with Crippen molar-refractivity contribution in [2.45, 2.75) is 26.0 Å². The molecule has 0 aliphatic rings. The molecule has 2 rings (SSSR count). The number of carbonyl (C=O) groups excluding carboxylic acids is 1. The number of amidine groups is 1. The summed E-state index contributed by atoms with van der Waals surface area (Å²) in [6.07, 6.45) is -0.346. The van der Waals surface area contributed by atoms with E-state index in [-0.39, 0.29) is 17.9 Å². The summed E-state index contributed by atoms with van der Waals surface area (Å²) in [6.45, 7) is 2.49. The fourth-order valence-electron chi connectivity index (χ4n) is 2.47. The smallest absolute Gasteiger partial charge is 0.254 e. The fraction of sp³-hybridized carbons (Fsp3) is 0.300. The molecule has 1 amide bonds. The van der Waals surface area contributed by atoms with E-state index in [4.69, 9.17) is 20.6 Å². The van der Waals surface area contributed by atoms with E-state index in [1.54, 1.807) is 30.3 Å². The maximum atomic E-state index is 14.4. The monoisotopic (exact) mass is 373 g/mol. The summed E-state index contributed by atoms with van der Waals surface area (Å²) in [5.74, 6) is -0.635. The molecule has 144 valence electrons. The molecule has 0 radical (unpaired) electrons. The number of amides is 1. The molecule has 0 bridgehead atoms. The third-order valence-electron chi connectivity index (χ3n) is 3.95. The molecule has 6 nitrogen and oxygen atoms in total. The molecule has 7 heteroatoms. The summed E-state index contributed by atoms with van der Waals surface area (Å²) >= 11 is 0. The number of ether oxygens (including phenoxy) is 2. The van der Waals surface area contributed by atoms with Crippen LogP contribution in [0.4, 0.5) is 4.39 Å². The van der Waals surface area contributed by atoms with Gasteiger partial charge in [-0.3, -0.25) is 10.2 Å². The van der Waals surface area contributed by atoms with Crippen LogP contribution in [0, 0.1) is 11.2 Å². The van der Waals surface area contributed by atoms with Crippen molar-refractivity contribution in [1.29, 1.82) is 5.41 Å². The number of nitrogens with one attached hydrogen (secondary N) is 2. The first-order chi connectivity index (χ1) is 13.0. The summed E-state index contributed by atoms with van der Waals surface area (Å²) in [4.78, 5) is 12.6. The first-order valence-corrected chi connectivity index (χ1v) is 8.62. The third kappa shape index (κ3) is 5.52. The molecule has 0 spiro atoms. The lowest BCUT2D eigenvalue weighted by molar-refractivity contribution is -0.133. The van der Waals surface area contributed by atoms with Crippen molar-refractivity contribution in [2.24, 2.45) is 5.73 Å². The van der Waals surface area contributed by atoms with Crippen LogP contribution in [-0.2, 0) is 16.1 Å². The Hall–Kier alpha value is -2.93. The zero-order valence-electron chi connectivity index (χ0n) is 15.4. The number of hydrogen-bond acceptors (Lipinski definition) is 4. The molecule has 27 heavy (non-hydrogen) atoms. The van der Waals surface area contributed by atoms with E-state index in [9.17, 15) is 9.18 Å². The second kappa shape index (κ2) is 9.68. The van der Waals surface area contributed by atoms with Crippen molar-refractivity contribution >= 4 is 11.7 Å². The lowest BCUT2D eigenvalue weighted by Crippen LogP contribution is -2.31. The van der Waals surface area contributed by atoms with E-state index in [2.05, 4.69) is 5.32 Å². The molecule has 0 unspecified atom stereocenters. The lowest BCUT2D eigenvalue weighted by atomic mass is 10.1. The van der Waals surface area contributed by atoms with Gasteiger partial charge in [0.05, 0.1) is 7.11 Å². The van der Waals surface area contributed by atoms with Gasteiger partial charge in [-0.05, 0) is 24.1 Å². The van der Waals surface area contributed by atoms with Crippen molar-refractivity contribution in [3.63, 3.8) is 0 Å². The summed E-state index contributed by atoms with van der Waals surface area (Å²) in [5, 5.41) is 10.2. The van der Waals surface area contributed by atoms with Gasteiger partial charge in [-0.15, -0.1) is 0 Å². The molecule has 1 atom stereocenters. The van der Waals surface area contributed by atoms with Gasteiger partial charge in [0.25, 0.3) is 5.91 Å². The Balaban J connectivity index is 2.11. The summed E-state index contributed by atoms with van der Waals surface area (Å²) < 4.78 is 25.0. The van der Waals surface area contributed by atoms with E-state index < -0.39 is 17.8 Å². The Morgan fingerprint density at radius 1 is 1.26 bits per heavy atom. The zero-order chi connectivity index (χ0) is 19.8. The molecule has 0 fully saturated rings. The Kier molecular flexibility index (Phi) is 7.31. The van der Waals surface area contributed by atoms with Crippen LogP contribution in [0.25, 0.3) is 0 Å². The number of hydrogen-bond donors (Lipinski definition) is 3. The van der Waals surface area contributed by atoms with Crippen LogP contribution >= 0.6 is 0 Å². The predicted molar refractivity (Wildman–Crippen MR) is 101 cm³/mol. The molecular weight excluding hydrogens is 349 g/mol. The molecule has 0 saturated carbocycles. The van der Waals surface area contributed by atoms with Crippen molar-refractivity contribution in [3.05, 3.63) is 65.0 Å². The summed E-state index contributed by atoms with van der Waals surface area (Å²) in [6, 6.07) is 11.3. The highest BCUT2D eigenvalue weighted by Gasteiger charge is 2.24. The maximum Gasteiger partial charge on any atom is 0.254 e. The molecule has 0 aliphatic carbocycles. The van der Waals surface area contributed by atoms with Crippen LogP contribution in [0.3, 0.4) is 0 Å². The number of carbonyl (C=O) groups is 1. The zero-order valence-corrected chi connectivity index (χ0v) is 15.4. The molecular formula is C20H24FN3O3. The van der Waals surface area contributed by atoms with E-state index in [1.165, 1.54) is 19.2 Å². The van der Waals surface area contributed by atoms with Crippen LogP contribution in [0.2, 0.25) is 0 Å². The van der Waals surface area contributed by atoms with Crippen molar-refractivity contribution in [1.82, 2.24) is 5.32 Å². The van der Waals surface area contributed by atoms with Crippen molar-refractivity contribution < 1.29 is 18.7 Å². The predicted octanol–water partition coefficient (Wildman–Crippen LogP) is 2.90. The molecule has 0 heterocycles. The van der Waals surface area contributed by atoms with Crippen LogP contribution in [-0.4, -0.2) is 25.5 Å². The highest BCUT2D eigenvalue weighted by atomic mass is 19.1. The topological polar surface area (TPSA) is 97.4 Å².